The van der Waals surface area contributed by atoms with Crippen molar-refractivity contribution in [3.8, 4) is 11.5 Å². The highest BCUT2D eigenvalue weighted by molar-refractivity contribution is 5.92. The van der Waals surface area contributed by atoms with Crippen LogP contribution in [0.5, 0.6) is 11.5 Å². The first-order chi connectivity index (χ1) is 9.43. The molecule has 0 atom stereocenters. The van der Waals surface area contributed by atoms with Gasteiger partial charge in [-0.3, -0.25) is 9.59 Å². The van der Waals surface area contributed by atoms with E-state index in [0.29, 0.717) is 13.1 Å². The van der Waals surface area contributed by atoms with E-state index in [1.165, 1.54) is 11.0 Å². The Kier molecular flexibility index (Phi) is 3.83. The fourth-order valence-electron chi connectivity index (χ4n) is 2.13. The molecule has 20 heavy (non-hydrogen) atoms. The van der Waals surface area contributed by atoms with Crippen LogP contribution in [-0.4, -0.2) is 47.1 Å². The van der Waals surface area contributed by atoms with Crippen LogP contribution in [0.3, 0.4) is 0 Å². The van der Waals surface area contributed by atoms with Gasteiger partial charge in [0.2, 0.25) is 5.91 Å². The number of nitrogens with zero attached hydrogens (tertiary/aromatic N) is 1. The van der Waals surface area contributed by atoms with Gasteiger partial charge in [-0.25, -0.2) is 0 Å². The molecule has 1 heterocycles. The zero-order chi connectivity index (χ0) is 14.8. The average molecular weight is 278 g/mol. The molecule has 2 N–H and O–H groups in total. The molecule has 1 fully saturated rings. The number of aromatic hydroxyl groups is 1. The maximum atomic E-state index is 12.2. The van der Waals surface area contributed by atoms with Crippen LogP contribution < -0.4 is 10.1 Å². The van der Waals surface area contributed by atoms with E-state index in [-0.39, 0.29) is 29.9 Å². The Balaban J connectivity index is 2.02. The summed E-state index contributed by atoms with van der Waals surface area (Å²) >= 11 is 0. The SMILES string of the molecule is CC1(C)C(=O)NCCN1C(=O)COc1ccccc1O. The Morgan fingerprint density at radius 2 is 2.15 bits per heavy atom. The lowest BCUT2D eigenvalue weighted by Gasteiger charge is -2.41. The number of hydrogen-bond donors (Lipinski definition) is 2. The average Bonchev–Trinajstić information content (AvgIpc) is 2.40. The smallest absolute Gasteiger partial charge is 0.261 e. The number of rotatable bonds is 3. The Morgan fingerprint density at radius 1 is 1.45 bits per heavy atom. The first-order valence-electron chi connectivity index (χ1n) is 6.42. The van der Waals surface area contributed by atoms with Gasteiger partial charge >= 0.3 is 0 Å². The largest absolute Gasteiger partial charge is 0.504 e. The van der Waals surface area contributed by atoms with Crippen LogP contribution in [0.4, 0.5) is 0 Å². The molecule has 1 aliphatic rings. The van der Waals surface area contributed by atoms with Crippen molar-refractivity contribution < 1.29 is 19.4 Å². The van der Waals surface area contributed by atoms with E-state index in [1.807, 2.05) is 0 Å². The van der Waals surface area contributed by atoms with E-state index in [9.17, 15) is 14.7 Å². The lowest BCUT2D eigenvalue weighted by Crippen LogP contribution is -2.64. The van der Waals surface area contributed by atoms with E-state index >= 15 is 0 Å². The van der Waals surface area contributed by atoms with Gasteiger partial charge in [-0.1, -0.05) is 12.1 Å². The highest BCUT2D eigenvalue weighted by Crippen LogP contribution is 2.25. The normalized spacial score (nSPS) is 17.5. The molecule has 108 valence electrons. The molecule has 0 saturated carbocycles. The van der Waals surface area contributed by atoms with Gasteiger partial charge in [-0.15, -0.1) is 0 Å². The predicted molar refractivity (Wildman–Crippen MR) is 72.4 cm³/mol. The summed E-state index contributed by atoms with van der Waals surface area (Å²) in [5.74, 6) is -0.233. The third kappa shape index (κ3) is 2.68. The number of phenols is 1. The van der Waals surface area contributed by atoms with E-state index in [2.05, 4.69) is 5.32 Å². The highest BCUT2D eigenvalue weighted by Gasteiger charge is 2.40. The Morgan fingerprint density at radius 3 is 2.85 bits per heavy atom. The van der Waals surface area contributed by atoms with Crippen LogP contribution in [0.25, 0.3) is 0 Å². The maximum Gasteiger partial charge on any atom is 0.261 e. The fraction of sp³-hybridized carbons (Fsp3) is 0.429. The van der Waals surface area contributed by atoms with Gasteiger partial charge < -0.3 is 20.1 Å². The van der Waals surface area contributed by atoms with Crippen LogP contribution in [0.1, 0.15) is 13.8 Å². The van der Waals surface area contributed by atoms with E-state index in [4.69, 9.17) is 4.74 Å². The third-order valence-corrected chi connectivity index (χ3v) is 3.37. The molecular formula is C14H18N2O4. The molecule has 1 aliphatic heterocycles. The number of piperazine rings is 1. The van der Waals surface area contributed by atoms with Gasteiger partial charge in [0.1, 0.15) is 5.54 Å². The summed E-state index contributed by atoms with van der Waals surface area (Å²) in [6.07, 6.45) is 0. The monoisotopic (exact) mass is 278 g/mol. The molecule has 0 spiro atoms. The zero-order valence-corrected chi connectivity index (χ0v) is 11.5. The van der Waals surface area contributed by atoms with Gasteiger partial charge in [0.25, 0.3) is 5.91 Å². The molecule has 1 saturated heterocycles. The quantitative estimate of drug-likeness (QED) is 0.844. The molecule has 0 radical (unpaired) electrons. The fourth-order valence-corrected chi connectivity index (χ4v) is 2.13. The van der Waals surface area contributed by atoms with Crippen molar-refractivity contribution in [1.29, 1.82) is 0 Å². The Hall–Kier alpha value is -2.24. The predicted octanol–water partition coefficient (Wildman–Crippen LogP) is 0.508. The number of amides is 2. The molecule has 0 bridgehead atoms. The molecule has 1 aromatic carbocycles. The van der Waals surface area contributed by atoms with Gasteiger partial charge in [0.15, 0.2) is 18.1 Å². The van der Waals surface area contributed by atoms with Crippen molar-refractivity contribution in [3.05, 3.63) is 24.3 Å². The van der Waals surface area contributed by atoms with Crippen molar-refractivity contribution in [2.24, 2.45) is 0 Å². The molecule has 6 heteroatoms. The number of nitrogens with one attached hydrogen (secondary N) is 1. The maximum absolute atomic E-state index is 12.2. The topological polar surface area (TPSA) is 78.9 Å². The molecular weight excluding hydrogens is 260 g/mol. The van der Waals surface area contributed by atoms with E-state index in [0.717, 1.165) is 0 Å². The lowest BCUT2D eigenvalue weighted by molar-refractivity contribution is -0.150. The summed E-state index contributed by atoms with van der Waals surface area (Å²) < 4.78 is 5.31. The van der Waals surface area contributed by atoms with Crippen LogP contribution >= 0.6 is 0 Å². The van der Waals surface area contributed by atoms with Crippen molar-refractivity contribution in [1.82, 2.24) is 10.2 Å². The summed E-state index contributed by atoms with van der Waals surface area (Å²) in [6.45, 7) is 4.05. The standard InChI is InChI=1S/C14H18N2O4/c1-14(2)13(19)15-7-8-16(14)12(18)9-20-11-6-4-3-5-10(11)17/h3-6,17H,7-9H2,1-2H3,(H,15,19). The van der Waals surface area contributed by atoms with Crippen molar-refractivity contribution >= 4 is 11.8 Å². The Labute approximate surface area is 117 Å². The summed E-state index contributed by atoms with van der Waals surface area (Å²) in [5, 5.41) is 12.3. The van der Waals surface area contributed by atoms with Crippen LogP contribution in [-0.2, 0) is 9.59 Å². The second-order valence-electron chi connectivity index (χ2n) is 5.12. The van der Waals surface area contributed by atoms with E-state index < -0.39 is 5.54 Å². The molecule has 2 rings (SSSR count). The van der Waals surface area contributed by atoms with Gasteiger partial charge in [-0.2, -0.15) is 0 Å². The summed E-state index contributed by atoms with van der Waals surface area (Å²) in [7, 11) is 0. The summed E-state index contributed by atoms with van der Waals surface area (Å²) in [5.41, 5.74) is -0.891. The Bertz CT molecular complexity index is 528. The van der Waals surface area contributed by atoms with Crippen LogP contribution in [0, 0.1) is 0 Å². The summed E-state index contributed by atoms with van der Waals surface area (Å²) in [4.78, 5) is 25.4. The van der Waals surface area contributed by atoms with Gasteiger partial charge in [0.05, 0.1) is 0 Å². The van der Waals surface area contributed by atoms with E-state index in [1.54, 1.807) is 32.0 Å². The van der Waals surface area contributed by atoms with Crippen molar-refractivity contribution in [2.45, 2.75) is 19.4 Å². The van der Waals surface area contributed by atoms with Crippen LogP contribution in [0.15, 0.2) is 24.3 Å². The van der Waals surface area contributed by atoms with Crippen molar-refractivity contribution in [3.63, 3.8) is 0 Å². The molecule has 0 aromatic heterocycles. The minimum Gasteiger partial charge on any atom is -0.504 e. The van der Waals surface area contributed by atoms with Crippen LogP contribution in [0.2, 0.25) is 0 Å². The first kappa shape index (κ1) is 14.2. The molecule has 0 unspecified atom stereocenters. The number of hydrogen-bond acceptors (Lipinski definition) is 4. The second-order valence-corrected chi connectivity index (χ2v) is 5.12. The number of phenolic OH excluding ortho intramolecular Hbond substituents is 1. The lowest BCUT2D eigenvalue weighted by atomic mass is 9.99. The second kappa shape index (κ2) is 5.40. The summed E-state index contributed by atoms with van der Waals surface area (Å²) in [6, 6.07) is 6.44. The van der Waals surface area contributed by atoms with Crippen molar-refractivity contribution in [2.75, 3.05) is 19.7 Å². The minimum atomic E-state index is -0.891. The molecule has 6 nitrogen and oxygen atoms in total. The number of ether oxygens (including phenoxy) is 1. The highest BCUT2D eigenvalue weighted by atomic mass is 16.5. The molecule has 1 aromatic rings. The first-order valence-corrected chi connectivity index (χ1v) is 6.42. The van der Waals surface area contributed by atoms with Gasteiger partial charge in [-0.05, 0) is 26.0 Å². The number of para-hydroxylation sites is 2. The number of carbonyl (C=O) groups excluding carboxylic acids is 2. The molecule has 0 aliphatic carbocycles. The zero-order valence-electron chi connectivity index (χ0n) is 11.5. The minimum absolute atomic E-state index is 0.0176. The van der Waals surface area contributed by atoms with Gasteiger partial charge in [0, 0.05) is 13.1 Å². The number of benzene rings is 1. The number of carbonyl (C=O) groups is 2. The third-order valence-electron chi connectivity index (χ3n) is 3.37. The molecule has 2 amide bonds.